The van der Waals surface area contributed by atoms with E-state index in [-0.39, 0.29) is 18.2 Å². The summed E-state index contributed by atoms with van der Waals surface area (Å²) in [6, 6.07) is 14.9. The third-order valence-electron chi connectivity index (χ3n) is 4.25. The largest absolute Gasteiger partial charge is 0.378 e. The topological polar surface area (TPSA) is 70.7 Å². The number of para-hydroxylation sites is 2. The van der Waals surface area contributed by atoms with Crippen LogP contribution in [-0.2, 0) is 9.53 Å². The van der Waals surface area contributed by atoms with E-state index in [4.69, 9.17) is 4.74 Å². The number of hydrogen-bond donors (Lipinski definition) is 2. The van der Waals surface area contributed by atoms with Gasteiger partial charge in [0.2, 0.25) is 5.91 Å². The standard InChI is InChI=1S/C20H23N3O3/c1-15(24)16-5-4-6-17(13-16)22-20(25)14-21-18-7-2-3-8-19(18)23-9-11-26-12-10-23/h2-8,13,21H,9-12,14H2,1H3,(H,22,25). The molecule has 1 aliphatic heterocycles. The Morgan fingerprint density at radius 1 is 1.08 bits per heavy atom. The molecule has 6 nitrogen and oxygen atoms in total. The van der Waals surface area contributed by atoms with Crippen LogP contribution in [0.5, 0.6) is 0 Å². The number of ether oxygens (including phenoxy) is 1. The second-order valence-corrected chi connectivity index (χ2v) is 6.16. The van der Waals surface area contributed by atoms with Crippen LogP contribution < -0.4 is 15.5 Å². The highest BCUT2D eigenvalue weighted by atomic mass is 16.5. The van der Waals surface area contributed by atoms with Gasteiger partial charge in [-0.3, -0.25) is 9.59 Å². The fourth-order valence-corrected chi connectivity index (χ4v) is 2.90. The Morgan fingerprint density at radius 2 is 1.85 bits per heavy atom. The number of nitrogens with one attached hydrogen (secondary N) is 2. The van der Waals surface area contributed by atoms with Crippen molar-refractivity contribution in [3.8, 4) is 0 Å². The van der Waals surface area contributed by atoms with Crippen LogP contribution in [0.15, 0.2) is 48.5 Å². The first kappa shape index (κ1) is 17.9. The first-order valence-corrected chi connectivity index (χ1v) is 8.70. The average molecular weight is 353 g/mol. The van der Waals surface area contributed by atoms with Crippen LogP contribution >= 0.6 is 0 Å². The molecule has 1 fully saturated rings. The summed E-state index contributed by atoms with van der Waals surface area (Å²) in [6.45, 7) is 4.74. The number of carbonyl (C=O) groups is 2. The number of Topliss-reactive ketones (excluding diaryl/α,β-unsaturated/α-hetero) is 1. The number of nitrogens with zero attached hydrogens (tertiary/aromatic N) is 1. The molecule has 0 bridgehead atoms. The van der Waals surface area contributed by atoms with Gasteiger partial charge in [-0.1, -0.05) is 24.3 Å². The van der Waals surface area contributed by atoms with E-state index in [0.29, 0.717) is 24.5 Å². The fourth-order valence-electron chi connectivity index (χ4n) is 2.90. The lowest BCUT2D eigenvalue weighted by molar-refractivity contribution is -0.114. The smallest absolute Gasteiger partial charge is 0.243 e. The summed E-state index contributed by atoms with van der Waals surface area (Å²) >= 11 is 0. The molecule has 1 saturated heterocycles. The van der Waals surface area contributed by atoms with Crippen molar-refractivity contribution in [3.05, 3.63) is 54.1 Å². The molecule has 2 aromatic carbocycles. The van der Waals surface area contributed by atoms with Gasteiger partial charge in [0.25, 0.3) is 0 Å². The van der Waals surface area contributed by atoms with E-state index < -0.39 is 0 Å². The van der Waals surface area contributed by atoms with Gasteiger partial charge >= 0.3 is 0 Å². The predicted molar refractivity (Wildman–Crippen MR) is 103 cm³/mol. The lowest BCUT2D eigenvalue weighted by atomic mass is 10.1. The third kappa shape index (κ3) is 4.61. The first-order chi connectivity index (χ1) is 12.6. The molecule has 0 aromatic heterocycles. The monoisotopic (exact) mass is 353 g/mol. The Labute approximate surface area is 153 Å². The molecule has 1 aliphatic rings. The van der Waals surface area contributed by atoms with Crippen molar-refractivity contribution in [1.82, 2.24) is 0 Å². The fraction of sp³-hybridized carbons (Fsp3) is 0.300. The normalized spacial score (nSPS) is 14.0. The number of morpholine rings is 1. The van der Waals surface area contributed by atoms with Gasteiger partial charge < -0.3 is 20.3 Å². The second kappa shape index (κ2) is 8.49. The van der Waals surface area contributed by atoms with E-state index in [0.717, 1.165) is 24.5 Å². The number of anilines is 3. The quantitative estimate of drug-likeness (QED) is 0.782. The molecule has 3 rings (SSSR count). The first-order valence-electron chi connectivity index (χ1n) is 8.70. The van der Waals surface area contributed by atoms with E-state index in [2.05, 4.69) is 15.5 Å². The maximum atomic E-state index is 12.3. The highest BCUT2D eigenvalue weighted by Crippen LogP contribution is 2.26. The summed E-state index contributed by atoms with van der Waals surface area (Å²) in [6.07, 6.45) is 0. The van der Waals surface area contributed by atoms with Crippen LogP contribution in [0.25, 0.3) is 0 Å². The van der Waals surface area contributed by atoms with E-state index in [9.17, 15) is 9.59 Å². The van der Waals surface area contributed by atoms with E-state index in [1.54, 1.807) is 24.3 Å². The van der Waals surface area contributed by atoms with E-state index >= 15 is 0 Å². The van der Waals surface area contributed by atoms with Crippen LogP contribution in [0.3, 0.4) is 0 Å². The minimum atomic E-state index is -0.164. The summed E-state index contributed by atoms with van der Waals surface area (Å²) in [5.74, 6) is -0.193. The summed E-state index contributed by atoms with van der Waals surface area (Å²) < 4.78 is 5.40. The van der Waals surface area contributed by atoms with E-state index in [1.165, 1.54) is 6.92 Å². The van der Waals surface area contributed by atoms with Gasteiger partial charge in [-0.2, -0.15) is 0 Å². The van der Waals surface area contributed by atoms with E-state index in [1.807, 2.05) is 24.3 Å². The molecule has 0 unspecified atom stereocenters. The molecule has 1 amide bonds. The van der Waals surface area contributed by atoms with Crippen molar-refractivity contribution >= 4 is 28.8 Å². The second-order valence-electron chi connectivity index (χ2n) is 6.16. The molecule has 0 saturated carbocycles. The van der Waals surface area contributed by atoms with Gasteiger partial charge in [-0.05, 0) is 31.2 Å². The van der Waals surface area contributed by atoms with Gasteiger partial charge in [0.15, 0.2) is 5.78 Å². The lowest BCUT2D eigenvalue weighted by Gasteiger charge is -2.30. The number of benzene rings is 2. The molecule has 136 valence electrons. The summed E-state index contributed by atoms with van der Waals surface area (Å²) in [5.41, 5.74) is 3.18. The maximum Gasteiger partial charge on any atom is 0.243 e. The van der Waals surface area contributed by atoms with Crippen molar-refractivity contribution in [1.29, 1.82) is 0 Å². The average Bonchev–Trinajstić information content (AvgIpc) is 2.67. The Balaban J connectivity index is 1.61. The van der Waals surface area contributed by atoms with Crippen LogP contribution in [0.4, 0.5) is 17.1 Å². The molecule has 2 N–H and O–H groups in total. The van der Waals surface area contributed by atoms with Gasteiger partial charge in [0, 0.05) is 24.3 Å². The zero-order valence-electron chi connectivity index (χ0n) is 14.8. The molecule has 2 aromatic rings. The highest BCUT2D eigenvalue weighted by Gasteiger charge is 2.14. The van der Waals surface area contributed by atoms with Crippen molar-refractivity contribution in [2.75, 3.05) is 48.4 Å². The van der Waals surface area contributed by atoms with Crippen LogP contribution in [-0.4, -0.2) is 44.5 Å². The van der Waals surface area contributed by atoms with Crippen LogP contribution in [0.2, 0.25) is 0 Å². The Bertz CT molecular complexity index is 785. The van der Waals surface area contributed by atoms with Crippen molar-refractivity contribution in [2.45, 2.75) is 6.92 Å². The number of hydrogen-bond acceptors (Lipinski definition) is 5. The zero-order chi connectivity index (χ0) is 18.4. The molecule has 0 aliphatic carbocycles. The van der Waals surface area contributed by atoms with Gasteiger partial charge in [-0.25, -0.2) is 0 Å². The number of amides is 1. The summed E-state index contributed by atoms with van der Waals surface area (Å²) in [7, 11) is 0. The number of carbonyl (C=O) groups excluding carboxylic acids is 2. The van der Waals surface area contributed by atoms with Crippen molar-refractivity contribution in [3.63, 3.8) is 0 Å². The molecular weight excluding hydrogens is 330 g/mol. The highest BCUT2D eigenvalue weighted by molar-refractivity contribution is 5.98. The SMILES string of the molecule is CC(=O)c1cccc(NC(=O)CNc2ccccc2N2CCOCC2)c1. The molecule has 0 spiro atoms. The Morgan fingerprint density at radius 3 is 2.62 bits per heavy atom. The van der Waals surface area contributed by atoms with Crippen molar-refractivity contribution < 1.29 is 14.3 Å². The summed E-state index contributed by atoms with van der Waals surface area (Å²) in [5, 5.41) is 6.03. The Kier molecular flexibility index (Phi) is 5.86. The van der Waals surface area contributed by atoms with Crippen LogP contribution in [0, 0.1) is 0 Å². The minimum Gasteiger partial charge on any atom is -0.378 e. The third-order valence-corrected chi connectivity index (χ3v) is 4.25. The number of ketones is 1. The molecule has 26 heavy (non-hydrogen) atoms. The molecule has 0 radical (unpaired) electrons. The van der Waals surface area contributed by atoms with Gasteiger partial charge in [0.1, 0.15) is 0 Å². The summed E-state index contributed by atoms with van der Waals surface area (Å²) in [4.78, 5) is 26.0. The zero-order valence-corrected chi connectivity index (χ0v) is 14.8. The Hall–Kier alpha value is -2.86. The maximum absolute atomic E-state index is 12.3. The lowest BCUT2D eigenvalue weighted by Crippen LogP contribution is -2.36. The number of rotatable bonds is 6. The van der Waals surface area contributed by atoms with Gasteiger partial charge in [0.05, 0.1) is 31.1 Å². The molecule has 1 heterocycles. The molecule has 6 heteroatoms. The molecular formula is C20H23N3O3. The predicted octanol–water partition coefficient (Wildman–Crippen LogP) is 2.78. The minimum absolute atomic E-state index is 0.0290. The van der Waals surface area contributed by atoms with Gasteiger partial charge in [-0.15, -0.1) is 0 Å². The molecule has 0 atom stereocenters. The van der Waals surface area contributed by atoms with Crippen LogP contribution in [0.1, 0.15) is 17.3 Å². The van der Waals surface area contributed by atoms with Crippen molar-refractivity contribution in [2.24, 2.45) is 0 Å².